The number of nitrogens with one attached hydrogen (secondary N) is 1. The predicted octanol–water partition coefficient (Wildman–Crippen LogP) is 3.67. The van der Waals surface area contributed by atoms with E-state index in [1.807, 2.05) is 0 Å². The number of nitrogens with zero attached hydrogens (tertiary/aromatic N) is 1. The first-order chi connectivity index (χ1) is 8.39. The van der Waals surface area contributed by atoms with Crippen LogP contribution in [0, 0.1) is 5.92 Å². The third-order valence-electron chi connectivity index (χ3n) is 5.05. The minimum atomic E-state index is 0.306. The molecule has 1 aliphatic rings. The van der Waals surface area contributed by atoms with Crippen molar-refractivity contribution in [2.45, 2.75) is 78.3 Å². The molecule has 0 radical (unpaired) electrons. The maximum Gasteiger partial charge on any atom is 0.0304 e. The van der Waals surface area contributed by atoms with E-state index in [-0.39, 0.29) is 0 Å². The molecule has 1 heterocycles. The Labute approximate surface area is 115 Å². The van der Waals surface area contributed by atoms with Crippen molar-refractivity contribution in [1.82, 2.24) is 10.2 Å². The highest BCUT2D eigenvalue weighted by atomic mass is 15.3. The van der Waals surface area contributed by atoms with E-state index in [0.717, 1.165) is 12.5 Å². The van der Waals surface area contributed by atoms with Crippen molar-refractivity contribution in [3.63, 3.8) is 0 Å². The van der Waals surface area contributed by atoms with Gasteiger partial charge in [0.25, 0.3) is 0 Å². The maximum absolute atomic E-state index is 3.78. The van der Waals surface area contributed by atoms with Crippen LogP contribution in [0.15, 0.2) is 0 Å². The van der Waals surface area contributed by atoms with E-state index >= 15 is 0 Å². The molecule has 3 unspecified atom stereocenters. The van der Waals surface area contributed by atoms with Gasteiger partial charge in [-0.15, -0.1) is 0 Å². The molecule has 18 heavy (non-hydrogen) atoms. The van der Waals surface area contributed by atoms with Crippen LogP contribution < -0.4 is 5.32 Å². The summed E-state index contributed by atoms with van der Waals surface area (Å²) >= 11 is 0. The summed E-state index contributed by atoms with van der Waals surface area (Å²) in [4.78, 5) is 2.76. The first-order valence-electron chi connectivity index (χ1n) is 7.89. The monoisotopic (exact) mass is 254 g/mol. The molecule has 0 aromatic rings. The van der Waals surface area contributed by atoms with Gasteiger partial charge in [0.1, 0.15) is 0 Å². The molecule has 1 aliphatic heterocycles. The summed E-state index contributed by atoms with van der Waals surface area (Å²) in [5, 5.41) is 3.78. The van der Waals surface area contributed by atoms with Crippen molar-refractivity contribution >= 4 is 0 Å². The Morgan fingerprint density at radius 1 is 1.17 bits per heavy atom. The zero-order valence-electron chi connectivity index (χ0n) is 13.5. The minimum Gasteiger partial charge on any atom is -0.308 e. The number of piperazine rings is 1. The van der Waals surface area contributed by atoms with Crippen molar-refractivity contribution in [2.24, 2.45) is 5.92 Å². The molecular weight excluding hydrogens is 220 g/mol. The first kappa shape index (κ1) is 16.0. The van der Waals surface area contributed by atoms with Crippen LogP contribution in [-0.4, -0.2) is 35.6 Å². The van der Waals surface area contributed by atoms with Crippen molar-refractivity contribution in [3.8, 4) is 0 Å². The highest BCUT2D eigenvalue weighted by Gasteiger charge is 2.40. The normalized spacial score (nSPS) is 35.7. The molecular formula is C16H34N2. The molecule has 2 heteroatoms. The van der Waals surface area contributed by atoms with Crippen LogP contribution in [0.3, 0.4) is 0 Å². The van der Waals surface area contributed by atoms with Crippen molar-refractivity contribution in [2.75, 3.05) is 19.6 Å². The Kier molecular flexibility index (Phi) is 5.67. The van der Waals surface area contributed by atoms with Crippen LogP contribution >= 0.6 is 0 Å². The van der Waals surface area contributed by atoms with E-state index < -0.39 is 0 Å². The van der Waals surface area contributed by atoms with Gasteiger partial charge in [0.15, 0.2) is 0 Å². The summed E-state index contributed by atoms with van der Waals surface area (Å²) in [6, 6.07) is 0. The molecule has 0 aromatic heterocycles. The van der Waals surface area contributed by atoms with Crippen molar-refractivity contribution < 1.29 is 0 Å². The van der Waals surface area contributed by atoms with Crippen LogP contribution in [-0.2, 0) is 0 Å². The van der Waals surface area contributed by atoms with E-state index in [4.69, 9.17) is 0 Å². The Morgan fingerprint density at radius 3 is 2.33 bits per heavy atom. The van der Waals surface area contributed by atoms with Gasteiger partial charge in [-0.1, -0.05) is 34.1 Å². The van der Waals surface area contributed by atoms with Crippen LogP contribution in [0.2, 0.25) is 0 Å². The molecule has 1 fully saturated rings. The van der Waals surface area contributed by atoms with Gasteiger partial charge in [0.2, 0.25) is 0 Å². The van der Waals surface area contributed by atoms with Crippen LogP contribution in [0.4, 0.5) is 0 Å². The molecule has 1 saturated heterocycles. The van der Waals surface area contributed by atoms with Gasteiger partial charge >= 0.3 is 0 Å². The molecule has 0 saturated carbocycles. The van der Waals surface area contributed by atoms with E-state index in [2.05, 4.69) is 51.8 Å². The second kappa shape index (κ2) is 6.38. The molecule has 108 valence electrons. The van der Waals surface area contributed by atoms with E-state index in [1.54, 1.807) is 0 Å². The van der Waals surface area contributed by atoms with Crippen molar-refractivity contribution in [1.29, 1.82) is 0 Å². The average Bonchev–Trinajstić information content (AvgIpc) is 2.35. The molecule has 3 atom stereocenters. The standard InChI is InChI=1S/C16H34N2/c1-7-10-14(4)11-18-13-15(5,8-2)17-12-16(18,6)9-3/h14,17H,7-13H2,1-6H3. The van der Waals surface area contributed by atoms with Gasteiger partial charge in [-0.3, -0.25) is 4.90 Å². The highest BCUT2D eigenvalue weighted by Crippen LogP contribution is 2.29. The van der Waals surface area contributed by atoms with E-state index in [9.17, 15) is 0 Å². The molecule has 0 amide bonds. The van der Waals surface area contributed by atoms with E-state index in [0.29, 0.717) is 11.1 Å². The highest BCUT2D eigenvalue weighted by molar-refractivity contribution is 5.00. The lowest BCUT2D eigenvalue weighted by molar-refractivity contribution is 0.00634. The zero-order chi connectivity index (χ0) is 13.8. The van der Waals surface area contributed by atoms with Gasteiger partial charge in [0, 0.05) is 30.7 Å². The van der Waals surface area contributed by atoms with E-state index in [1.165, 1.54) is 38.8 Å². The summed E-state index contributed by atoms with van der Waals surface area (Å²) < 4.78 is 0. The lowest BCUT2D eigenvalue weighted by atomic mass is 9.84. The van der Waals surface area contributed by atoms with Gasteiger partial charge in [-0.25, -0.2) is 0 Å². The third kappa shape index (κ3) is 3.71. The summed E-state index contributed by atoms with van der Waals surface area (Å²) in [7, 11) is 0. The fraction of sp³-hybridized carbons (Fsp3) is 1.00. The van der Waals surface area contributed by atoms with Gasteiger partial charge in [-0.05, 0) is 39.0 Å². The Balaban J connectivity index is 2.73. The Bertz CT molecular complexity index is 253. The molecule has 0 spiro atoms. The van der Waals surface area contributed by atoms with Crippen LogP contribution in [0.5, 0.6) is 0 Å². The number of hydrogen-bond donors (Lipinski definition) is 1. The SMILES string of the molecule is CCCC(C)CN1CC(C)(CC)NCC1(C)CC. The smallest absolute Gasteiger partial charge is 0.0304 e. The fourth-order valence-electron chi connectivity index (χ4n) is 3.01. The zero-order valence-corrected chi connectivity index (χ0v) is 13.5. The van der Waals surface area contributed by atoms with Crippen molar-refractivity contribution in [3.05, 3.63) is 0 Å². The lowest BCUT2D eigenvalue weighted by Crippen LogP contribution is -2.68. The summed E-state index contributed by atoms with van der Waals surface area (Å²) in [5.41, 5.74) is 0.650. The predicted molar refractivity (Wildman–Crippen MR) is 81.0 cm³/mol. The number of hydrogen-bond acceptors (Lipinski definition) is 2. The first-order valence-corrected chi connectivity index (χ1v) is 7.89. The molecule has 1 N–H and O–H groups in total. The van der Waals surface area contributed by atoms with Gasteiger partial charge in [0.05, 0.1) is 0 Å². The average molecular weight is 254 g/mol. The molecule has 0 aliphatic carbocycles. The molecule has 1 rings (SSSR count). The minimum absolute atomic E-state index is 0.306. The maximum atomic E-state index is 3.78. The topological polar surface area (TPSA) is 15.3 Å². The van der Waals surface area contributed by atoms with Gasteiger partial charge < -0.3 is 5.32 Å². The quantitative estimate of drug-likeness (QED) is 0.778. The largest absolute Gasteiger partial charge is 0.308 e. The Hall–Kier alpha value is -0.0800. The summed E-state index contributed by atoms with van der Waals surface area (Å²) in [6.07, 6.45) is 5.11. The molecule has 0 aromatic carbocycles. The van der Waals surface area contributed by atoms with Crippen LogP contribution in [0.25, 0.3) is 0 Å². The Morgan fingerprint density at radius 2 is 1.83 bits per heavy atom. The third-order valence-corrected chi connectivity index (χ3v) is 5.05. The fourth-order valence-corrected chi connectivity index (χ4v) is 3.01. The van der Waals surface area contributed by atoms with Gasteiger partial charge in [-0.2, -0.15) is 0 Å². The summed E-state index contributed by atoms with van der Waals surface area (Å²) in [6.45, 7) is 17.7. The molecule has 0 bridgehead atoms. The molecule has 2 nitrogen and oxygen atoms in total. The summed E-state index contributed by atoms with van der Waals surface area (Å²) in [5.74, 6) is 0.820. The lowest BCUT2D eigenvalue weighted by Gasteiger charge is -2.53. The number of rotatable bonds is 6. The second-order valence-corrected chi connectivity index (χ2v) is 6.89. The second-order valence-electron chi connectivity index (χ2n) is 6.89. The van der Waals surface area contributed by atoms with Crippen LogP contribution in [0.1, 0.15) is 67.2 Å².